The average molecular weight is 292 g/mol. The van der Waals surface area contributed by atoms with Crippen LogP contribution in [-0.4, -0.2) is 24.3 Å². The van der Waals surface area contributed by atoms with Crippen LogP contribution in [0.3, 0.4) is 0 Å². The fourth-order valence-electron chi connectivity index (χ4n) is 2.94. The fraction of sp³-hybridized carbons (Fsp3) is 0.706. The van der Waals surface area contributed by atoms with Gasteiger partial charge >= 0.3 is 0 Å². The standard InChI is InChI=1S/C17H28N2O2/c1-4-13(2)18-12-15-11-14-7-5-8-16(14)19(17(15)20)9-6-10-21-3/h11,13,18H,4-10,12H2,1-3H3. The molecule has 0 fully saturated rings. The zero-order valence-corrected chi connectivity index (χ0v) is 13.6. The Bertz CT molecular complexity index is 522. The first kappa shape index (κ1) is 16.2. The Morgan fingerprint density at radius 3 is 2.95 bits per heavy atom. The van der Waals surface area contributed by atoms with E-state index >= 15 is 0 Å². The molecule has 0 bridgehead atoms. The van der Waals surface area contributed by atoms with Gasteiger partial charge in [0.15, 0.2) is 0 Å². The molecule has 4 nitrogen and oxygen atoms in total. The highest BCUT2D eigenvalue weighted by Gasteiger charge is 2.18. The third-order valence-electron chi connectivity index (χ3n) is 4.41. The van der Waals surface area contributed by atoms with E-state index in [9.17, 15) is 4.79 Å². The van der Waals surface area contributed by atoms with Crippen LogP contribution in [-0.2, 0) is 30.7 Å². The molecule has 1 heterocycles. The van der Waals surface area contributed by atoms with Crippen LogP contribution in [0, 0.1) is 0 Å². The Morgan fingerprint density at radius 1 is 1.43 bits per heavy atom. The van der Waals surface area contributed by atoms with Crippen molar-refractivity contribution in [3.05, 3.63) is 33.2 Å². The molecule has 0 radical (unpaired) electrons. The minimum Gasteiger partial charge on any atom is -0.385 e. The summed E-state index contributed by atoms with van der Waals surface area (Å²) in [4.78, 5) is 12.7. The van der Waals surface area contributed by atoms with Gasteiger partial charge in [0.2, 0.25) is 0 Å². The zero-order chi connectivity index (χ0) is 15.2. The third kappa shape index (κ3) is 3.95. The molecular formula is C17H28N2O2. The number of hydrogen-bond acceptors (Lipinski definition) is 3. The highest BCUT2D eigenvalue weighted by atomic mass is 16.5. The second-order valence-corrected chi connectivity index (χ2v) is 5.99. The molecule has 118 valence electrons. The van der Waals surface area contributed by atoms with E-state index in [1.54, 1.807) is 7.11 Å². The lowest BCUT2D eigenvalue weighted by Gasteiger charge is -2.16. The lowest BCUT2D eigenvalue weighted by Crippen LogP contribution is -2.32. The Kier molecular flexibility index (Phi) is 6.00. The Balaban J connectivity index is 2.21. The van der Waals surface area contributed by atoms with E-state index < -0.39 is 0 Å². The summed E-state index contributed by atoms with van der Waals surface area (Å²) < 4.78 is 7.11. The monoisotopic (exact) mass is 292 g/mol. The van der Waals surface area contributed by atoms with Crippen molar-refractivity contribution < 1.29 is 4.74 Å². The molecule has 0 saturated heterocycles. The molecule has 1 N–H and O–H groups in total. The molecule has 2 rings (SSSR count). The largest absolute Gasteiger partial charge is 0.385 e. The van der Waals surface area contributed by atoms with Crippen molar-refractivity contribution in [1.82, 2.24) is 9.88 Å². The number of rotatable bonds is 8. The summed E-state index contributed by atoms with van der Waals surface area (Å²) in [5, 5.41) is 3.44. The molecule has 0 amide bonds. The van der Waals surface area contributed by atoms with Gasteiger partial charge in [0, 0.05) is 44.1 Å². The van der Waals surface area contributed by atoms with Crippen molar-refractivity contribution in [2.45, 2.75) is 65.1 Å². The predicted octanol–water partition coefficient (Wildman–Crippen LogP) is 2.26. The molecule has 1 aromatic rings. The van der Waals surface area contributed by atoms with Crippen LogP contribution in [0.4, 0.5) is 0 Å². The molecule has 1 atom stereocenters. The number of nitrogens with zero attached hydrogens (tertiary/aromatic N) is 1. The highest BCUT2D eigenvalue weighted by Crippen LogP contribution is 2.21. The molecule has 1 aromatic heterocycles. The molecule has 4 heteroatoms. The smallest absolute Gasteiger partial charge is 0.255 e. The molecule has 1 aliphatic rings. The Hall–Kier alpha value is -1.13. The van der Waals surface area contributed by atoms with Gasteiger partial charge in [-0.2, -0.15) is 0 Å². The molecule has 0 aromatic carbocycles. The van der Waals surface area contributed by atoms with Gasteiger partial charge in [0.05, 0.1) is 0 Å². The number of nitrogens with one attached hydrogen (secondary N) is 1. The van der Waals surface area contributed by atoms with Gasteiger partial charge in [-0.15, -0.1) is 0 Å². The van der Waals surface area contributed by atoms with E-state index in [0.717, 1.165) is 37.8 Å². The van der Waals surface area contributed by atoms with Crippen molar-refractivity contribution in [3.63, 3.8) is 0 Å². The molecular weight excluding hydrogens is 264 g/mol. The van der Waals surface area contributed by atoms with Gasteiger partial charge in [0.25, 0.3) is 5.56 Å². The normalized spacial score (nSPS) is 15.2. The van der Waals surface area contributed by atoms with Crippen LogP contribution in [0.5, 0.6) is 0 Å². The quantitative estimate of drug-likeness (QED) is 0.747. The first-order chi connectivity index (χ1) is 10.2. The first-order valence-corrected chi connectivity index (χ1v) is 8.14. The molecule has 0 saturated carbocycles. The average Bonchev–Trinajstić information content (AvgIpc) is 2.95. The number of aryl methyl sites for hydroxylation is 1. The van der Waals surface area contributed by atoms with Gasteiger partial charge in [-0.3, -0.25) is 4.79 Å². The molecule has 21 heavy (non-hydrogen) atoms. The summed E-state index contributed by atoms with van der Waals surface area (Å²) in [6.45, 7) is 6.46. The fourth-order valence-corrected chi connectivity index (χ4v) is 2.94. The maximum Gasteiger partial charge on any atom is 0.255 e. The van der Waals surface area contributed by atoms with E-state index in [4.69, 9.17) is 4.74 Å². The summed E-state index contributed by atoms with van der Waals surface area (Å²) in [7, 11) is 1.71. The minimum absolute atomic E-state index is 0.183. The van der Waals surface area contributed by atoms with Crippen LogP contribution >= 0.6 is 0 Å². The summed E-state index contributed by atoms with van der Waals surface area (Å²) in [6.07, 6.45) is 5.28. The van der Waals surface area contributed by atoms with Crippen molar-refractivity contribution >= 4 is 0 Å². The van der Waals surface area contributed by atoms with E-state index in [1.807, 2.05) is 4.57 Å². The van der Waals surface area contributed by atoms with Crippen LogP contribution in [0.15, 0.2) is 10.9 Å². The van der Waals surface area contributed by atoms with Gasteiger partial charge < -0.3 is 14.6 Å². The predicted molar refractivity (Wildman–Crippen MR) is 85.8 cm³/mol. The van der Waals surface area contributed by atoms with Gasteiger partial charge in [-0.1, -0.05) is 6.92 Å². The summed E-state index contributed by atoms with van der Waals surface area (Å²) >= 11 is 0. The molecule has 0 spiro atoms. The van der Waals surface area contributed by atoms with Gasteiger partial charge in [-0.25, -0.2) is 0 Å². The summed E-state index contributed by atoms with van der Waals surface area (Å²) in [5.74, 6) is 0. The maximum atomic E-state index is 12.7. The van der Waals surface area contributed by atoms with Crippen LogP contribution in [0.25, 0.3) is 0 Å². The number of hydrogen-bond donors (Lipinski definition) is 1. The second-order valence-electron chi connectivity index (χ2n) is 5.99. The number of pyridine rings is 1. The minimum atomic E-state index is 0.183. The van der Waals surface area contributed by atoms with Crippen molar-refractivity contribution in [1.29, 1.82) is 0 Å². The van der Waals surface area contributed by atoms with Crippen LogP contribution in [0.2, 0.25) is 0 Å². The van der Waals surface area contributed by atoms with E-state index in [-0.39, 0.29) is 5.56 Å². The van der Waals surface area contributed by atoms with Crippen molar-refractivity contribution in [2.24, 2.45) is 0 Å². The second kappa shape index (κ2) is 7.76. The van der Waals surface area contributed by atoms with Crippen LogP contribution < -0.4 is 10.9 Å². The van der Waals surface area contributed by atoms with E-state index in [1.165, 1.54) is 17.7 Å². The maximum absolute atomic E-state index is 12.7. The molecule has 0 aliphatic heterocycles. The van der Waals surface area contributed by atoms with Crippen molar-refractivity contribution in [2.75, 3.05) is 13.7 Å². The molecule has 1 unspecified atom stereocenters. The van der Waals surface area contributed by atoms with Gasteiger partial charge in [0.1, 0.15) is 0 Å². The van der Waals surface area contributed by atoms with E-state index in [2.05, 4.69) is 25.2 Å². The molecule has 1 aliphatic carbocycles. The highest BCUT2D eigenvalue weighted by molar-refractivity contribution is 5.30. The lowest BCUT2D eigenvalue weighted by molar-refractivity contribution is 0.189. The number of fused-ring (bicyclic) bond motifs is 1. The van der Waals surface area contributed by atoms with E-state index in [0.29, 0.717) is 19.2 Å². The Morgan fingerprint density at radius 2 is 2.24 bits per heavy atom. The number of ether oxygens (including phenoxy) is 1. The zero-order valence-electron chi connectivity index (χ0n) is 13.6. The Labute approximate surface area is 127 Å². The topological polar surface area (TPSA) is 43.3 Å². The SMILES string of the molecule is CCC(C)NCc1cc2c(n(CCCOC)c1=O)CCC2. The lowest BCUT2D eigenvalue weighted by atomic mass is 10.1. The number of methoxy groups -OCH3 is 1. The first-order valence-electron chi connectivity index (χ1n) is 8.14. The third-order valence-corrected chi connectivity index (χ3v) is 4.41. The van der Waals surface area contributed by atoms with Crippen LogP contribution in [0.1, 0.15) is 49.9 Å². The number of aromatic nitrogens is 1. The van der Waals surface area contributed by atoms with Crippen molar-refractivity contribution in [3.8, 4) is 0 Å². The summed E-state index contributed by atoms with van der Waals surface area (Å²) in [5.41, 5.74) is 3.72. The van der Waals surface area contributed by atoms with Gasteiger partial charge in [-0.05, 0) is 50.7 Å². The summed E-state index contributed by atoms with van der Waals surface area (Å²) in [6, 6.07) is 2.58.